The third-order valence-corrected chi connectivity index (χ3v) is 3.92. The molecule has 0 radical (unpaired) electrons. The first-order valence-corrected chi connectivity index (χ1v) is 6.72. The van der Waals surface area contributed by atoms with Gasteiger partial charge in [-0.1, -0.05) is 13.3 Å². The van der Waals surface area contributed by atoms with Crippen LogP contribution in [-0.4, -0.2) is 49.0 Å². The molecule has 1 N–H and O–H groups in total. The highest BCUT2D eigenvalue weighted by atomic mass is 16.5. The molecule has 0 bridgehead atoms. The summed E-state index contributed by atoms with van der Waals surface area (Å²) in [6.45, 7) is 6.33. The maximum atomic E-state index is 9.59. The third kappa shape index (κ3) is 2.96. The highest BCUT2D eigenvalue weighted by molar-refractivity contribution is 4.92. The average molecular weight is 227 g/mol. The monoisotopic (exact) mass is 227 g/mol. The predicted octanol–water partition coefficient (Wildman–Crippen LogP) is 1.65. The van der Waals surface area contributed by atoms with E-state index in [0.29, 0.717) is 0 Å². The summed E-state index contributed by atoms with van der Waals surface area (Å²) in [6, 6.07) is 0.801. The van der Waals surface area contributed by atoms with Gasteiger partial charge in [0.05, 0.1) is 13.2 Å². The van der Waals surface area contributed by atoms with Crippen LogP contribution in [0.1, 0.15) is 39.0 Å². The van der Waals surface area contributed by atoms with Gasteiger partial charge in [-0.2, -0.15) is 0 Å². The normalized spacial score (nSPS) is 30.2. The Balaban J connectivity index is 1.87. The van der Waals surface area contributed by atoms with Crippen molar-refractivity contribution in [2.24, 2.45) is 5.41 Å². The summed E-state index contributed by atoms with van der Waals surface area (Å²) in [5, 5.41) is 9.59. The number of hydrogen-bond acceptors (Lipinski definition) is 3. The van der Waals surface area contributed by atoms with E-state index >= 15 is 0 Å². The molecule has 1 atom stereocenters. The summed E-state index contributed by atoms with van der Waals surface area (Å²) in [5.41, 5.74) is 0.0380. The number of aliphatic hydroxyl groups excluding tert-OH is 1. The molecule has 16 heavy (non-hydrogen) atoms. The van der Waals surface area contributed by atoms with Gasteiger partial charge in [-0.3, -0.25) is 4.90 Å². The Morgan fingerprint density at radius 1 is 1.44 bits per heavy atom. The Hall–Kier alpha value is -0.120. The molecule has 94 valence electrons. The van der Waals surface area contributed by atoms with Crippen LogP contribution in [0.3, 0.4) is 0 Å². The first-order chi connectivity index (χ1) is 7.79. The first kappa shape index (κ1) is 12.3. The van der Waals surface area contributed by atoms with Crippen LogP contribution in [0.2, 0.25) is 0 Å². The second-order valence-electron chi connectivity index (χ2n) is 5.52. The Kier molecular flexibility index (Phi) is 4.22. The molecule has 0 aromatic carbocycles. The number of unbranched alkanes of at least 4 members (excludes halogenated alkanes) is 1. The summed E-state index contributed by atoms with van der Waals surface area (Å²) in [7, 11) is 0. The van der Waals surface area contributed by atoms with Crippen LogP contribution in [0.4, 0.5) is 0 Å². The van der Waals surface area contributed by atoms with Crippen molar-refractivity contribution in [3.63, 3.8) is 0 Å². The molecular formula is C13H25NO2. The van der Waals surface area contributed by atoms with Crippen molar-refractivity contribution in [1.82, 2.24) is 4.90 Å². The van der Waals surface area contributed by atoms with E-state index in [0.717, 1.165) is 32.2 Å². The van der Waals surface area contributed by atoms with Crippen molar-refractivity contribution in [3.8, 4) is 0 Å². The molecule has 2 fully saturated rings. The molecule has 0 amide bonds. The van der Waals surface area contributed by atoms with E-state index in [9.17, 15) is 5.11 Å². The van der Waals surface area contributed by atoms with Gasteiger partial charge in [0.1, 0.15) is 0 Å². The highest BCUT2D eigenvalue weighted by Gasteiger charge is 2.39. The van der Waals surface area contributed by atoms with Crippen molar-refractivity contribution in [3.05, 3.63) is 0 Å². The molecule has 2 rings (SSSR count). The van der Waals surface area contributed by atoms with E-state index in [-0.39, 0.29) is 12.0 Å². The standard InChI is InChI=1S/C13H25NO2/c1-2-3-7-14(12-4-5-12)9-13(10-15)6-8-16-11-13/h12,15H,2-11H2,1H3. The van der Waals surface area contributed by atoms with Gasteiger partial charge in [0.15, 0.2) is 0 Å². The van der Waals surface area contributed by atoms with Crippen molar-refractivity contribution >= 4 is 0 Å². The van der Waals surface area contributed by atoms with E-state index in [2.05, 4.69) is 11.8 Å². The van der Waals surface area contributed by atoms with E-state index in [4.69, 9.17) is 4.74 Å². The van der Waals surface area contributed by atoms with Crippen molar-refractivity contribution in [2.45, 2.75) is 45.1 Å². The quantitative estimate of drug-likeness (QED) is 0.718. The molecular weight excluding hydrogens is 202 g/mol. The van der Waals surface area contributed by atoms with Crippen molar-refractivity contribution in [1.29, 1.82) is 0 Å². The Labute approximate surface area is 98.8 Å². The zero-order chi connectivity index (χ0) is 11.4. The maximum Gasteiger partial charge on any atom is 0.0557 e. The van der Waals surface area contributed by atoms with Gasteiger partial charge in [0, 0.05) is 24.6 Å². The van der Waals surface area contributed by atoms with Gasteiger partial charge >= 0.3 is 0 Å². The molecule has 1 saturated heterocycles. The fourth-order valence-electron chi connectivity index (χ4n) is 2.57. The molecule has 3 heteroatoms. The van der Waals surface area contributed by atoms with E-state index < -0.39 is 0 Å². The summed E-state index contributed by atoms with van der Waals surface area (Å²) < 4.78 is 5.47. The number of aliphatic hydroxyl groups is 1. The molecule has 1 aliphatic carbocycles. The van der Waals surface area contributed by atoms with Gasteiger partial charge < -0.3 is 9.84 Å². The van der Waals surface area contributed by atoms with Crippen LogP contribution in [0.15, 0.2) is 0 Å². The highest BCUT2D eigenvalue weighted by Crippen LogP contribution is 2.34. The molecule has 0 spiro atoms. The fraction of sp³-hybridized carbons (Fsp3) is 1.00. The Morgan fingerprint density at radius 3 is 2.75 bits per heavy atom. The van der Waals surface area contributed by atoms with Gasteiger partial charge in [-0.05, 0) is 32.2 Å². The molecule has 0 aromatic rings. The number of hydrogen-bond donors (Lipinski definition) is 1. The van der Waals surface area contributed by atoms with Crippen LogP contribution in [0.5, 0.6) is 0 Å². The SMILES string of the molecule is CCCCN(CC1(CO)CCOC1)C1CC1. The van der Waals surface area contributed by atoms with Gasteiger partial charge in [-0.25, -0.2) is 0 Å². The molecule has 3 nitrogen and oxygen atoms in total. The lowest BCUT2D eigenvalue weighted by Crippen LogP contribution is -2.42. The summed E-state index contributed by atoms with van der Waals surface area (Å²) in [6.07, 6.45) is 6.27. The Bertz CT molecular complexity index is 210. The number of rotatable bonds is 7. The molecule has 1 saturated carbocycles. The molecule has 2 aliphatic rings. The van der Waals surface area contributed by atoms with Crippen molar-refractivity contribution < 1.29 is 9.84 Å². The van der Waals surface area contributed by atoms with E-state index in [1.54, 1.807) is 0 Å². The minimum atomic E-state index is 0.0380. The zero-order valence-electron chi connectivity index (χ0n) is 10.5. The lowest BCUT2D eigenvalue weighted by molar-refractivity contribution is 0.0534. The van der Waals surface area contributed by atoms with Gasteiger partial charge in [0.2, 0.25) is 0 Å². The van der Waals surface area contributed by atoms with Crippen molar-refractivity contribution in [2.75, 3.05) is 32.9 Å². The first-order valence-electron chi connectivity index (χ1n) is 6.72. The van der Waals surface area contributed by atoms with Crippen LogP contribution in [0.25, 0.3) is 0 Å². The second-order valence-corrected chi connectivity index (χ2v) is 5.52. The van der Waals surface area contributed by atoms with Gasteiger partial charge in [-0.15, -0.1) is 0 Å². The summed E-state index contributed by atoms with van der Waals surface area (Å²) in [4.78, 5) is 2.59. The van der Waals surface area contributed by atoms with Crippen LogP contribution < -0.4 is 0 Å². The predicted molar refractivity (Wildman–Crippen MR) is 64.5 cm³/mol. The second kappa shape index (κ2) is 5.48. The lowest BCUT2D eigenvalue weighted by atomic mass is 9.87. The number of nitrogens with zero attached hydrogens (tertiary/aromatic N) is 1. The largest absolute Gasteiger partial charge is 0.396 e. The molecule has 1 heterocycles. The topological polar surface area (TPSA) is 32.7 Å². The molecule has 1 aliphatic heterocycles. The van der Waals surface area contributed by atoms with Crippen LogP contribution >= 0.6 is 0 Å². The average Bonchev–Trinajstić information content (AvgIpc) is 3.05. The van der Waals surface area contributed by atoms with Gasteiger partial charge in [0.25, 0.3) is 0 Å². The Morgan fingerprint density at radius 2 is 2.25 bits per heavy atom. The zero-order valence-corrected chi connectivity index (χ0v) is 10.5. The third-order valence-electron chi connectivity index (χ3n) is 3.92. The minimum Gasteiger partial charge on any atom is -0.396 e. The molecule has 0 aromatic heterocycles. The van der Waals surface area contributed by atoms with E-state index in [1.807, 2.05) is 0 Å². The minimum absolute atomic E-state index is 0.0380. The summed E-state index contributed by atoms with van der Waals surface area (Å²) in [5.74, 6) is 0. The van der Waals surface area contributed by atoms with E-state index in [1.165, 1.54) is 32.2 Å². The fourth-order valence-corrected chi connectivity index (χ4v) is 2.57. The lowest BCUT2D eigenvalue weighted by Gasteiger charge is -2.33. The van der Waals surface area contributed by atoms with Crippen LogP contribution in [0, 0.1) is 5.41 Å². The number of ether oxygens (including phenoxy) is 1. The van der Waals surface area contributed by atoms with Crippen LogP contribution in [-0.2, 0) is 4.74 Å². The molecule has 1 unspecified atom stereocenters. The smallest absolute Gasteiger partial charge is 0.0557 e. The summed E-state index contributed by atoms with van der Waals surface area (Å²) >= 11 is 0. The maximum absolute atomic E-state index is 9.59.